The van der Waals surface area contributed by atoms with Crippen molar-refractivity contribution in [2.75, 3.05) is 32.7 Å². The summed E-state index contributed by atoms with van der Waals surface area (Å²) in [6.07, 6.45) is -0.0876. The number of hydrogen-bond donors (Lipinski definition) is 21. The van der Waals surface area contributed by atoms with Crippen LogP contribution < -0.4 is 76.1 Å². The van der Waals surface area contributed by atoms with Gasteiger partial charge < -0.3 is 112 Å². The van der Waals surface area contributed by atoms with E-state index in [0.717, 1.165) is 4.90 Å². The predicted octanol–water partition coefficient (Wildman–Crippen LogP) is -5.31. The van der Waals surface area contributed by atoms with Crippen LogP contribution in [-0.2, 0) is 76.8 Å². The second-order valence-electron chi connectivity index (χ2n) is 23.5. The van der Waals surface area contributed by atoms with Gasteiger partial charge in [-0.2, -0.15) is 0 Å². The number of aromatic hydroxyl groups is 1. The van der Waals surface area contributed by atoms with Gasteiger partial charge in [0.2, 0.25) is 59.1 Å². The Bertz CT molecular complexity index is 3110. The lowest BCUT2D eigenvalue weighted by Gasteiger charge is -2.32. The summed E-state index contributed by atoms with van der Waals surface area (Å²) < 4.78 is 0. The van der Waals surface area contributed by atoms with Crippen molar-refractivity contribution in [1.29, 1.82) is 5.41 Å². The number of guanidine groups is 1. The third-order valence-electron chi connectivity index (χ3n) is 15.7. The van der Waals surface area contributed by atoms with Crippen LogP contribution in [-0.4, -0.2) is 223 Å². The van der Waals surface area contributed by atoms with Crippen LogP contribution in [0.15, 0.2) is 67.1 Å². The molecule has 534 valence electrons. The highest BCUT2D eigenvalue weighted by atomic mass is 16.4. The zero-order chi connectivity index (χ0) is 71.7. The molecule has 1 saturated heterocycles. The molecule has 3 aromatic rings. The van der Waals surface area contributed by atoms with E-state index in [0.29, 0.717) is 30.4 Å². The van der Waals surface area contributed by atoms with Gasteiger partial charge in [0.25, 0.3) is 0 Å². The molecule has 1 aromatic heterocycles. The second-order valence-corrected chi connectivity index (χ2v) is 23.5. The molecule has 25 N–H and O–H groups in total. The van der Waals surface area contributed by atoms with Crippen molar-refractivity contribution in [3.63, 3.8) is 0 Å². The van der Waals surface area contributed by atoms with E-state index in [1.807, 2.05) is 0 Å². The van der Waals surface area contributed by atoms with E-state index in [2.05, 4.69) is 63.1 Å². The van der Waals surface area contributed by atoms with Gasteiger partial charge in [-0.25, -0.2) is 9.78 Å². The Hall–Kier alpha value is -9.84. The Morgan fingerprint density at radius 1 is 0.608 bits per heavy atom. The molecule has 1 aliphatic heterocycles. The van der Waals surface area contributed by atoms with Gasteiger partial charge in [-0.15, -0.1) is 0 Å². The van der Waals surface area contributed by atoms with Crippen molar-refractivity contribution in [2.24, 2.45) is 22.9 Å². The Balaban J connectivity index is 1.59. The lowest BCUT2D eigenvalue weighted by Crippen LogP contribution is -2.62. The second kappa shape index (κ2) is 41.2. The Kier molecular flexibility index (Phi) is 33.8. The summed E-state index contributed by atoms with van der Waals surface area (Å²) in [7, 11) is 0. The number of carboxylic acids is 2. The normalized spacial score (nSPS) is 16.1. The number of imidazole rings is 1. The number of phenolic OH excluding ortho intramolecular Hbond substituents is 1. The minimum absolute atomic E-state index is 0.00967. The number of carbonyl (C=O) groups excluding carboxylic acids is 10. The Morgan fingerprint density at radius 3 is 1.70 bits per heavy atom. The molecule has 10 amide bonds. The van der Waals surface area contributed by atoms with Crippen molar-refractivity contribution in [2.45, 2.75) is 183 Å². The summed E-state index contributed by atoms with van der Waals surface area (Å²) in [5.41, 5.74) is 23.7. The van der Waals surface area contributed by atoms with Crippen LogP contribution in [0, 0.1) is 5.41 Å². The summed E-state index contributed by atoms with van der Waals surface area (Å²) >= 11 is 0. The molecule has 97 heavy (non-hydrogen) atoms. The minimum Gasteiger partial charge on any atom is -0.508 e. The number of likely N-dealkylation sites (tertiary alicyclic amines) is 1. The number of amides is 10. The number of carboxylic acid groups (broad SMARTS) is 2. The summed E-state index contributed by atoms with van der Waals surface area (Å²) in [6, 6.07) is -0.925. The van der Waals surface area contributed by atoms with Crippen molar-refractivity contribution in [3.8, 4) is 5.75 Å². The molecule has 0 aliphatic carbocycles. The highest BCUT2D eigenvalue weighted by Crippen LogP contribution is 2.21. The van der Waals surface area contributed by atoms with E-state index in [1.165, 1.54) is 50.6 Å². The molecule has 0 saturated carbocycles. The maximum absolute atomic E-state index is 14.8. The first-order valence-corrected chi connectivity index (χ1v) is 32.0. The molecule has 0 radical (unpaired) electrons. The van der Waals surface area contributed by atoms with Crippen LogP contribution in [0.3, 0.4) is 0 Å². The van der Waals surface area contributed by atoms with Gasteiger partial charge in [0, 0.05) is 45.0 Å². The average molecular weight is 1360 g/mol. The van der Waals surface area contributed by atoms with E-state index in [9.17, 15) is 78.0 Å². The largest absolute Gasteiger partial charge is 0.508 e. The number of aliphatic carboxylic acids is 2. The van der Waals surface area contributed by atoms with Gasteiger partial charge in [0.1, 0.15) is 60.1 Å². The van der Waals surface area contributed by atoms with Crippen molar-refractivity contribution >= 4 is 77.0 Å². The maximum atomic E-state index is 14.8. The number of phenols is 1. The lowest BCUT2D eigenvalue weighted by atomic mass is 10.0. The van der Waals surface area contributed by atoms with Gasteiger partial charge in [0.15, 0.2) is 5.96 Å². The number of benzene rings is 2. The van der Waals surface area contributed by atoms with Crippen LogP contribution in [0.2, 0.25) is 0 Å². The summed E-state index contributed by atoms with van der Waals surface area (Å²) in [5.74, 6) is -12.4. The van der Waals surface area contributed by atoms with Gasteiger partial charge >= 0.3 is 11.9 Å². The fourth-order valence-electron chi connectivity index (χ4n) is 10.3. The molecule has 12 atom stereocenters. The average Bonchev–Trinajstić information content (AvgIpc) is 1.81. The number of unbranched alkanes of at least 4 members (excludes halogenated alkanes) is 2. The van der Waals surface area contributed by atoms with Crippen molar-refractivity contribution < 1.29 is 83.1 Å². The minimum atomic E-state index is -1.79. The van der Waals surface area contributed by atoms with Gasteiger partial charge in [-0.3, -0.25) is 58.1 Å². The molecule has 1 fully saturated rings. The SMILES string of the molecule is C[C@@H](O)[C@H](NC(=O)[C@H](CCCCN)NC(=O)[C@@H]1CCCN1C(=O)[C@@H](NC(=O)[C@H](Cc1ccc(O)cc1)NC(=O)[C@H](Cc1c[nH]cn1)NC(=O)[C@H](Cc1ccccc1)NC(=O)CNC(=O)[C@H](CCCNC(=N)N)NC(=O)[C@@H](N)CCC(=O)O)[C@@H](C)O)C(=O)N[C@@H](CCCCN)C(=O)O. The zero-order valence-electron chi connectivity index (χ0n) is 54.3. The standard InChI is InChI=1S/C62H94N18O17/c1-34(81)50(59(94)75-43(61(96)97)15-7-9-25-64)78-54(89)42(14-6-8-24-63)74-58(93)47-17-11-27-80(47)60(95)51(35(2)82)79-57(92)45(29-37-18-20-39(83)21-19-37)76-56(91)46(30-38-31-68-33-71-38)77-55(90)44(28-36-12-4-3-5-13-36)72-48(84)32-70-53(88)41(16-10-26-69-62(66)67)73-52(87)40(65)22-23-49(85)86/h3-5,12-13,18-21,31,33-35,40-47,50-51,81-83H,6-11,14-17,22-30,32,63-65H2,1-2H3,(H,68,71)(H,70,88)(H,72,84)(H,73,87)(H,74,93)(H,75,94)(H,76,91)(H,77,90)(H,78,89)(H,79,92)(H,85,86)(H,96,97)(H4,66,67,69)/t34-,35-,40+,41+,42+,43+,44+,45+,46+,47+,50+,51+/m1/s1. The molecule has 2 aromatic carbocycles. The topological polar surface area (TPSA) is 586 Å². The molecule has 35 heteroatoms. The molecule has 1 aliphatic rings. The molecule has 0 bridgehead atoms. The monoisotopic (exact) mass is 1360 g/mol. The van der Waals surface area contributed by atoms with Crippen molar-refractivity contribution in [1.82, 2.24) is 68.0 Å². The van der Waals surface area contributed by atoms with E-state index < -0.39 is 157 Å². The number of nitrogens with one attached hydrogen (secondary N) is 12. The number of H-pyrrole nitrogens is 1. The van der Waals surface area contributed by atoms with E-state index in [4.69, 9.17) is 33.5 Å². The molecule has 4 rings (SSSR count). The first-order chi connectivity index (χ1) is 46.1. The number of aromatic amines is 1. The summed E-state index contributed by atoms with van der Waals surface area (Å²) in [5, 5.41) is 83.5. The molecule has 0 spiro atoms. The van der Waals surface area contributed by atoms with Gasteiger partial charge in [-0.1, -0.05) is 42.5 Å². The fraction of sp³-hybridized carbons (Fsp3) is 0.548. The molecular formula is C62H94N18O17. The van der Waals surface area contributed by atoms with Crippen LogP contribution in [0.1, 0.15) is 108 Å². The number of aromatic nitrogens is 2. The number of aliphatic hydroxyl groups excluding tert-OH is 2. The van der Waals surface area contributed by atoms with Crippen LogP contribution >= 0.6 is 0 Å². The number of nitrogens with two attached hydrogens (primary N) is 4. The number of nitrogens with zero attached hydrogens (tertiary/aromatic N) is 2. The Labute approximate surface area is 559 Å². The molecule has 2 heterocycles. The fourth-order valence-corrected chi connectivity index (χ4v) is 10.3. The predicted molar refractivity (Wildman–Crippen MR) is 348 cm³/mol. The summed E-state index contributed by atoms with van der Waals surface area (Å²) in [6.45, 7) is 2.17. The molecule has 0 unspecified atom stereocenters. The first kappa shape index (κ1) is 79.6. The van der Waals surface area contributed by atoms with Gasteiger partial charge in [-0.05, 0) is 121 Å². The molecular weight excluding hydrogens is 1270 g/mol. The van der Waals surface area contributed by atoms with E-state index >= 15 is 0 Å². The quantitative estimate of drug-likeness (QED) is 0.0143. The first-order valence-electron chi connectivity index (χ1n) is 32.0. The Morgan fingerprint density at radius 2 is 1.13 bits per heavy atom. The van der Waals surface area contributed by atoms with E-state index in [1.54, 1.807) is 30.3 Å². The number of rotatable bonds is 43. The third kappa shape index (κ3) is 27.8. The highest BCUT2D eigenvalue weighted by molar-refractivity contribution is 5.99. The van der Waals surface area contributed by atoms with E-state index in [-0.39, 0.29) is 114 Å². The van der Waals surface area contributed by atoms with Crippen LogP contribution in [0.25, 0.3) is 0 Å². The lowest BCUT2D eigenvalue weighted by molar-refractivity contribution is -0.145. The zero-order valence-corrected chi connectivity index (χ0v) is 54.3. The highest BCUT2D eigenvalue weighted by Gasteiger charge is 2.42. The molecule has 35 nitrogen and oxygen atoms in total. The summed E-state index contributed by atoms with van der Waals surface area (Å²) in [4.78, 5) is 172. The van der Waals surface area contributed by atoms with Gasteiger partial charge in [0.05, 0.1) is 36.8 Å². The number of hydrogen-bond acceptors (Lipinski definition) is 20. The van der Waals surface area contributed by atoms with Crippen LogP contribution in [0.4, 0.5) is 0 Å². The smallest absolute Gasteiger partial charge is 0.326 e. The number of carbonyl (C=O) groups is 12. The van der Waals surface area contributed by atoms with Crippen LogP contribution in [0.5, 0.6) is 5.75 Å². The third-order valence-corrected chi connectivity index (χ3v) is 15.7. The van der Waals surface area contributed by atoms with Crippen molar-refractivity contribution in [3.05, 3.63) is 83.9 Å². The number of aliphatic hydroxyl groups is 2. The maximum Gasteiger partial charge on any atom is 0.326 e.